The molecule has 3 rings (SSSR count). The molecular formula is C15H24N4OS. The summed E-state index contributed by atoms with van der Waals surface area (Å²) >= 11 is 1.65. The summed E-state index contributed by atoms with van der Waals surface area (Å²) in [7, 11) is 2.07. The Balaban J connectivity index is 1.54. The van der Waals surface area contributed by atoms with Gasteiger partial charge in [-0.15, -0.1) is 11.3 Å². The maximum Gasteiger partial charge on any atom is 0.239 e. The second-order valence-corrected chi connectivity index (χ2v) is 6.79. The molecule has 2 aliphatic rings. The first-order chi connectivity index (χ1) is 10.2. The summed E-state index contributed by atoms with van der Waals surface area (Å²) in [5.74, 6) is 0.338. The smallest absolute Gasteiger partial charge is 0.239 e. The maximum atomic E-state index is 12.6. The fourth-order valence-corrected chi connectivity index (χ4v) is 3.88. The first-order valence-electron chi connectivity index (χ1n) is 7.82. The van der Waals surface area contributed by atoms with Gasteiger partial charge in [-0.3, -0.25) is 14.6 Å². The highest BCUT2D eigenvalue weighted by molar-refractivity contribution is 7.07. The minimum atomic E-state index is 0.120. The summed E-state index contributed by atoms with van der Waals surface area (Å²) in [5.41, 5.74) is 3.04. The van der Waals surface area contributed by atoms with Crippen LogP contribution in [0.25, 0.3) is 0 Å². The highest BCUT2D eigenvalue weighted by Crippen LogP contribution is 2.18. The van der Waals surface area contributed by atoms with Crippen LogP contribution in [0, 0.1) is 0 Å². The molecule has 0 N–H and O–H groups in total. The third-order valence-electron chi connectivity index (χ3n) is 4.57. The van der Waals surface area contributed by atoms with E-state index in [9.17, 15) is 4.79 Å². The molecule has 0 radical (unpaired) electrons. The summed E-state index contributed by atoms with van der Waals surface area (Å²) in [5, 5.41) is 2.11. The van der Waals surface area contributed by atoms with Gasteiger partial charge in [0, 0.05) is 38.1 Å². The molecule has 1 atom stereocenters. The minimum absolute atomic E-state index is 0.120. The number of likely N-dealkylation sites (N-methyl/N-ethyl adjacent to an activating group) is 1. The van der Waals surface area contributed by atoms with E-state index in [0.717, 1.165) is 64.2 Å². The SMILES string of the molecule is CN1CCC[C@H]1C(=O)N1CCCN(Cc2cscn2)CC1. The topological polar surface area (TPSA) is 39.7 Å². The van der Waals surface area contributed by atoms with Crippen LogP contribution >= 0.6 is 11.3 Å². The first-order valence-corrected chi connectivity index (χ1v) is 8.77. The van der Waals surface area contributed by atoms with Crippen molar-refractivity contribution in [1.82, 2.24) is 19.7 Å². The second kappa shape index (κ2) is 6.85. The first kappa shape index (κ1) is 14.9. The molecule has 2 aliphatic heterocycles. The number of carbonyl (C=O) groups is 1. The molecule has 2 saturated heterocycles. The molecule has 3 heterocycles. The van der Waals surface area contributed by atoms with Crippen molar-refractivity contribution in [3.63, 3.8) is 0 Å². The number of rotatable bonds is 3. The number of hydrogen-bond acceptors (Lipinski definition) is 5. The predicted octanol–water partition coefficient (Wildman–Crippen LogP) is 1.27. The second-order valence-electron chi connectivity index (χ2n) is 6.07. The van der Waals surface area contributed by atoms with Crippen LogP contribution in [-0.2, 0) is 11.3 Å². The van der Waals surface area contributed by atoms with Crippen molar-refractivity contribution < 1.29 is 4.79 Å². The third kappa shape index (κ3) is 3.62. The number of hydrogen-bond donors (Lipinski definition) is 0. The Morgan fingerprint density at radius 2 is 2.19 bits per heavy atom. The van der Waals surface area contributed by atoms with Gasteiger partial charge < -0.3 is 4.90 Å². The Morgan fingerprint density at radius 1 is 1.29 bits per heavy atom. The van der Waals surface area contributed by atoms with Gasteiger partial charge in [0.15, 0.2) is 0 Å². The predicted molar refractivity (Wildman–Crippen MR) is 84.2 cm³/mol. The molecule has 21 heavy (non-hydrogen) atoms. The van der Waals surface area contributed by atoms with E-state index in [2.05, 4.69) is 32.1 Å². The molecule has 0 saturated carbocycles. The Kier molecular flexibility index (Phi) is 4.87. The van der Waals surface area contributed by atoms with Crippen LogP contribution < -0.4 is 0 Å². The van der Waals surface area contributed by atoms with Gasteiger partial charge in [-0.1, -0.05) is 0 Å². The summed E-state index contributed by atoms with van der Waals surface area (Å²) in [6, 6.07) is 0.120. The summed E-state index contributed by atoms with van der Waals surface area (Å²) in [4.78, 5) is 23.7. The van der Waals surface area contributed by atoms with E-state index in [1.807, 2.05) is 5.51 Å². The Hall–Kier alpha value is -0.980. The Labute approximate surface area is 130 Å². The lowest BCUT2D eigenvalue weighted by Gasteiger charge is -2.27. The molecule has 116 valence electrons. The maximum absolute atomic E-state index is 12.6. The molecule has 0 spiro atoms. The lowest BCUT2D eigenvalue weighted by molar-refractivity contribution is -0.135. The lowest BCUT2D eigenvalue weighted by atomic mass is 10.2. The number of thiazole rings is 1. The van der Waals surface area contributed by atoms with Crippen LogP contribution in [-0.4, -0.2) is 71.4 Å². The Morgan fingerprint density at radius 3 is 2.90 bits per heavy atom. The summed E-state index contributed by atoms with van der Waals surface area (Å²) in [6.07, 6.45) is 3.23. The van der Waals surface area contributed by atoms with Crippen LogP contribution in [0.3, 0.4) is 0 Å². The van der Waals surface area contributed by atoms with Gasteiger partial charge in [-0.25, -0.2) is 4.98 Å². The van der Waals surface area contributed by atoms with Crippen molar-refractivity contribution in [2.45, 2.75) is 31.8 Å². The van der Waals surface area contributed by atoms with Gasteiger partial charge in [0.05, 0.1) is 17.2 Å². The van der Waals surface area contributed by atoms with E-state index in [4.69, 9.17) is 0 Å². The van der Waals surface area contributed by atoms with Crippen LogP contribution in [0.2, 0.25) is 0 Å². The number of likely N-dealkylation sites (tertiary alicyclic amines) is 1. The average Bonchev–Trinajstić information content (AvgIpc) is 3.07. The third-order valence-corrected chi connectivity index (χ3v) is 5.21. The molecule has 1 aromatic heterocycles. The van der Waals surface area contributed by atoms with Crippen molar-refractivity contribution in [2.75, 3.05) is 39.8 Å². The van der Waals surface area contributed by atoms with Gasteiger partial charge in [0.2, 0.25) is 5.91 Å². The summed E-state index contributed by atoms with van der Waals surface area (Å²) in [6.45, 7) is 5.74. The number of nitrogens with zero attached hydrogens (tertiary/aromatic N) is 4. The zero-order valence-electron chi connectivity index (χ0n) is 12.7. The molecule has 6 heteroatoms. The van der Waals surface area contributed by atoms with Crippen LogP contribution in [0.15, 0.2) is 10.9 Å². The van der Waals surface area contributed by atoms with Crippen LogP contribution in [0.5, 0.6) is 0 Å². The van der Waals surface area contributed by atoms with Gasteiger partial charge in [0.1, 0.15) is 0 Å². The van der Waals surface area contributed by atoms with Crippen LogP contribution in [0.4, 0.5) is 0 Å². The van der Waals surface area contributed by atoms with Gasteiger partial charge >= 0.3 is 0 Å². The molecule has 1 aromatic rings. The molecular weight excluding hydrogens is 284 g/mol. The molecule has 2 fully saturated rings. The standard InChI is InChI=1S/C15H24N4OS/c1-17-5-2-4-14(17)15(20)19-7-3-6-18(8-9-19)10-13-11-21-12-16-13/h11-12,14H,2-10H2,1H3/t14-/m0/s1. The normalized spacial score (nSPS) is 25.2. The molecule has 5 nitrogen and oxygen atoms in total. The van der Waals surface area contributed by atoms with Crippen molar-refractivity contribution in [1.29, 1.82) is 0 Å². The molecule has 0 unspecified atom stereocenters. The fraction of sp³-hybridized carbons (Fsp3) is 0.733. The average molecular weight is 308 g/mol. The largest absolute Gasteiger partial charge is 0.340 e. The quantitative estimate of drug-likeness (QED) is 0.843. The van der Waals surface area contributed by atoms with E-state index in [-0.39, 0.29) is 6.04 Å². The molecule has 0 bridgehead atoms. The molecule has 1 amide bonds. The highest BCUT2D eigenvalue weighted by atomic mass is 32.1. The zero-order valence-corrected chi connectivity index (χ0v) is 13.5. The van der Waals surface area contributed by atoms with Gasteiger partial charge in [-0.2, -0.15) is 0 Å². The monoisotopic (exact) mass is 308 g/mol. The lowest BCUT2D eigenvalue weighted by Crippen LogP contribution is -2.45. The van der Waals surface area contributed by atoms with Crippen molar-refractivity contribution in [2.24, 2.45) is 0 Å². The zero-order chi connectivity index (χ0) is 14.7. The number of carbonyl (C=O) groups excluding carboxylic acids is 1. The Bertz CT molecular complexity index is 464. The number of aromatic nitrogens is 1. The van der Waals surface area contributed by atoms with E-state index < -0.39 is 0 Å². The van der Waals surface area contributed by atoms with E-state index in [1.54, 1.807) is 11.3 Å². The summed E-state index contributed by atoms with van der Waals surface area (Å²) < 4.78 is 0. The molecule has 0 aliphatic carbocycles. The highest BCUT2D eigenvalue weighted by Gasteiger charge is 2.31. The number of amides is 1. The van der Waals surface area contributed by atoms with Gasteiger partial charge in [0.25, 0.3) is 0 Å². The van der Waals surface area contributed by atoms with Crippen molar-refractivity contribution in [3.05, 3.63) is 16.6 Å². The van der Waals surface area contributed by atoms with E-state index in [0.29, 0.717) is 5.91 Å². The van der Waals surface area contributed by atoms with Crippen molar-refractivity contribution >= 4 is 17.2 Å². The fourth-order valence-electron chi connectivity index (χ4n) is 3.33. The minimum Gasteiger partial charge on any atom is -0.340 e. The van der Waals surface area contributed by atoms with Gasteiger partial charge in [-0.05, 0) is 32.9 Å². The van der Waals surface area contributed by atoms with Crippen LogP contribution in [0.1, 0.15) is 25.0 Å². The van der Waals surface area contributed by atoms with E-state index >= 15 is 0 Å². The molecule has 0 aromatic carbocycles. The van der Waals surface area contributed by atoms with Crippen molar-refractivity contribution in [3.8, 4) is 0 Å². The van der Waals surface area contributed by atoms with E-state index in [1.165, 1.54) is 0 Å².